The molecular formula is C18H17N5O6. The van der Waals surface area contributed by atoms with E-state index >= 15 is 0 Å². The van der Waals surface area contributed by atoms with Gasteiger partial charge in [0, 0.05) is 24.0 Å². The molecule has 1 aromatic carbocycles. The molecule has 0 aliphatic rings. The minimum absolute atomic E-state index is 0.164. The molecule has 1 aromatic heterocycles. The lowest BCUT2D eigenvalue weighted by molar-refractivity contribution is -0.384. The molecule has 0 saturated heterocycles. The predicted molar refractivity (Wildman–Crippen MR) is 102 cm³/mol. The first-order valence-electron chi connectivity index (χ1n) is 8.25. The summed E-state index contributed by atoms with van der Waals surface area (Å²) < 4.78 is 0. The molecule has 4 N–H and O–H groups in total. The van der Waals surface area contributed by atoms with E-state index in [4.69, 9.17) is 5.11 Å². The Balaban J connectivity index is 2.29. The van der Waals surface area contributed by atoms with Gasteiger partial charge in [-0.15, -0.1) is 0 Å². The first-order chi connectivity index (χ1) is 13.8. The Morgan fingerprint density at radius 1 is 1.17 bits per heavy atom. The summed E-state index contributed by atoms with van der Waals surface area (Å²) in [5.41, 5.74) is -0.454. The van der Waals surface area contributed by atoms with Gasteiger partial charge in [-0.1, -0.05) is 18.2 Å². The number of nitrogens with zero attached hydrogens (tertiary/aromatic N) is 2. The highest BCUT2D eigenvalue weighted by Gasteiger charge is 2.20. The molecule has 11 nitrogen and oxygen atoms in total. The third kappa shape index (κ3) is 5.85. The van der Waals surface area contributed by atoms with Gasteiger partial charge in [-0.05, 0) is 25.1 Å². The van der Waals surface area contributed by atoms with Crippen molar-refractivity contribution >= 4 is 29.3 Å². The smallest absolute Gasteiger partial charge is 0.325 e. The third-order valence-corrected chi connectivity index (χ3v) is 3.58. The van der Waals surface area contributed by atoms with E-state index in [9.17, 15) is 24.5 Å². The highest BCUT2D eigenvalue weighted by molar-refractivity contribution is 6.03. The first kappa shape index (κ1) is 21.0. The van der Waals surface area contributed by atoms with Crippen molar-refractivity contribution in [1.29, 1.82) is 0 Å². The van der Waals surface area contributed by atoms with Crippen LogP contribution in [0.4, 0.5) is 11.5 Å². The van der Waals surface area contributed by atoms with Crippen molar-refractivity contribution in [3.05, 3.63) is 76.2 Å². The van der Waals surface area contributed by atoms with Crippen LogP contribution in [0.3, 0.4) is 0 Å². The summed E-state index contributed by atoms with van der Waals surface area (Å²) >= 11 is 0. The first-order valence-corrected chi connectivity index (χ1v) is 8.25. The Bertz CT molecular complexity index is 960. The van der Waals surface area contributed by atoms with Crippen molar-refractivity contribution in [2.24, 2.45) is 0 Å². The van der Waals surface area contributed by atoms with Gasteiger partial charge in [0.15, 0.2) is 0 Å². The van der Waals surface area contributed by atoms with E-state index in [0.29, 0.717) is 0 Å². The van der Waals surface area contributed by atoms with Crippen molar-refractivity contribution in [2.45, 2.75) is 13.0 Å². The Hall–Kier alpha value is -4.28. The zero-order valence-corrected chi connectivity index (χ0v) is 15.2. The van der Waals surface area contributed by atoms with Crippen molar-refractivity contribution in [2.75, 3.05) is 5.32 Å². The van der Waals surface area contributed by atoms with Gasteiger partial charge in [0.25, 0.3) is 11.8 Å². The van der Waals surface area contributed by atoms with E-state index in [0.717, 1.165) is 6.20 Å². The number of aliphatic carboxylic acids is 1. The van der Waals surface area contributed by atoms with E-state index < -0.39 is 28.7 Å². The van der Waals surface area contributed by atoms with E-state index in [2.05, 4.69) is 20.9 Å². The Morgan fingerprint density at radius 3 is 2.48 bits per heavy atom. The van der Waals surface area contributed by atoms with Crippen LogP contribution in [0.5, 0.6) is 0 Å². The van der Waals surface area contributed by atoms with Crippen LogP contribution in [0.25, 0.3) is 0 Å². The molecule has 0 saturated carbocycles. The summed E-state index contributed by atoms with van der Waals surface area (Å²) in [4.78, 5) is 50.0. The summed E-state index contributed by atoms with van der Waals surface area (Å²) in [7, 11) is 0. The van der Waals surface area contributed by atoms with Crippen LogP contribution >= 0.6 is 0 Å². The predicted octanol–water partition coefficient (Wildman–Crippen LogP) is 1.26. The number of pyridine rings is 1. The van der Waals surface area contributed by atoms with Gasteiger partial charge in [-0.2, -0.15) is 0 Å². The Kier molecular flexibility index (Phi) is 6.96. The molecule has 1 heterocycles. The van der Waals surface area contributed by atoms with Crippen molar-refractivity contribution < 1.29 is 24.4 Å². The van der Waals surface area contributed by atoms with Crippen LogP contribution in [-0.2, 0) is 9.59 Å². The average molecular weight is 399 g/mol. The van der Waals surface area contributed by atoms with Crippen LogP contribution in [0, 0.1) is 10.1 Å². The summed E-state index contributed by atoms with van der Waals surface area (Å²) in [5.74, 6) is -2.98. The van der Waals surface area contributed by atoms with Gasteiger partial charge in [-0.25, -0.2) is 4.98 Å². The van der Waals surface area contributed by atoms with E-state index in [1.54, 1.807) is 18.2 Å². The second-order valence-corrected chi connectivity index (χ2v) is 5.68. The highest BCUT2D eigenvalue weighted by Crippen LogP contribution is 2.20. The summed E-state index contributed by atoms with van der Waals surface area (Å²) in [5, 5.41) is 27.1. The lowest BCUT2D eigenvalue weighted by atomic mass is 10.2. The quantitative estimate of drug-likeness (QED) is 0.293. The van der Waals surface area contributed by atoms with Crippen LogP contribution in [0.1, 0.15) is 17.3 Å². The molecule has 0 radical (unpaired) electrons. The second kappa shape index (κ2) is 9.60. The number of anilines is 1. The number of carbonyl (C=O) groups excluding carboxylic acids is 2. The summed E-state index contributed by atoms with van der Waals surface area (Å²) in [6.07, 6.45) is 2.30. The summed E-state index contributed by atoms with van der Waals surface area (Å²) in [6.45, 7) is 1.24. The van der Waals surface area contributed by atoms with Crippen LogP contribution in [0.15, 0.2) is 60.6 Å². The molecule has 2 aromatic rings. The minimum atomic E-state index is -1.28. The second-order valence-electron chi connectivity index (χ2n) is 5.68. The van der Waals surface area contributed by atoms with Gasteiger partial charge in [0.05, 0.1) is 4.92 Å². The number of rotatable bonds is 8. The fraction of sp³-hybridized carbons (Fsp3) is 0.111. The number of amides is 2. The number of nitro groups is 1. The van der Waals surface area contributed by atoms with E-state index in [1.165, 1.54) is 37.4 Å². The molecule has 150 valence electrons. The fourth-order valence-electron chi connectivity index (χ4n) is 2.07. The average Bonchev–Trinajstić information content (AvgIpc) is 2.71. The van der Waals surface area contributed by atoms with Gasteiger partial charge >= 0.3 is 11.7 Å². The van der Waals surface area contributed by atoms with Crippen molar-refractivity contribution in [3.8, 4) is 0 Å². The number of hydrogen-bond donors (Lipinski definition) is 4. The fourth-order valence-corrected chi connectivity index (χ4v) is 2.07. The standard InChI is InChI=1S/C18H17N5O6/c1-11(18(26)27)21-17(25)13(22-16(24)12-6-3-2-4-7-12)10-20-15-14(23(28)29)8-5-9-19-15/h2-11H,1H3,(H,19,20)(H,21,25)(H,22,24)(H,26,27)/b13-10-. The molecule has 2 rings (SSSR count). The lowest BCUT2D eigenvalue weighted by Crippen LogP contribution is -2.43. The maximum absolute atomic E-state index is 12.4. The molecule has 2 amide bonds. The molecule has 0 aliphatic heterocycles. The molecule has 29 heavy (non-hydrogen) atoms. The van der Waals surface area contributed by atoms with Gasteiger partial charge in [0.2, 0.25) is 5.82 Å². The molecule has 11 heteroatoms. The molecule has 0 fully saturated rings. The van der Waals surface area contributed by atoms with Crippen molar-refractivity contribution in [3.63, 3.8) is 0 Å². The Morgan fingerprint density at radius 2 is 1.86 bits per heavy atom. The van der Waals surface area contributed by atoms with Crippen LogP contribution in [0.2, 0.25) is 0 Å². The zero-order valence-electron chi connectivity index (χ0n) is 15.2. The molecule has 1 unspecified atom stereocenters. The van der Waals surface area contributed by atoms with Gasteiger partial charge in [-0.3, -0.25) is 24.5 Å². The molecular weight excluding hydrogens is 382 g/mol. The number of carbonyl (C=O) groups is 3. The molecule has 0 bridgehead atoms. The van der Waals surface area contributed by atoms with E-state index in [1.807, 2.05) is 0 Å². The third-order valence-electron chi connectivity index (χ3n) is 3.58. The number of benzene rings is 1. The van der Waals surface area contributed by atoms with E-state index in [-0.39, 0.29) is 22.8 Å². The topological polar surface area (TPSA) is 164 Å². The monoisotopic (exact) mass is 399 g/mol. The molecule has 1 atom stereocenters. The number of carboxylic acids is 1. The lowest BCUT2D eigenvalue weighted by Gasteiger charge is -2.13. The number of nitrogens with one attached hydrogen (secondary N) is 3. The minimum Gasteiger partial charge on any atom is -0.480 e. The van der Waals surface area contributed by atoms with Gasteiger partial charge in [0.1, 0.15) is 11.7 Å². The van der Waals surface area contributed by atoms with Crippen molar-refractivity contribution in [1.82, 2.24) is 15.6 Å². The largest absolute Gasteiger partial charge is 0.480 e. The maximum Gasteiger partial charge on any atom is 0.325 e. The summed E-state index contributed by atoms with van der Waals surface area (Å²) in [6, 6.07) is 9.33. The number of carboxylic acid groups (broad SMARTS) is 1. The molecule has 0 aliphatic carbocycles. The Labute approximate surface area is 164 Å². The zero-order chi connectivity index (χ0) is 21.4. The SMILES string of the molecule is CC(NC(=O)/C(=C/Nc1ncccc1[N+](=O)[O-])NC(=O)c1ccccc1)C(=O)O. The number of hydrogen-bond acceptors (Lipinski definition) is 7. The highest BCUT2D eigenvalue weighted by atomic mass is 16.6. The van der Waals surface area contributed by atoms with Gasteiger partial charge < -0.3 is 21.1 Å². The number of aromatic nitrogens is 1. The molecule has 0 spiro atoms. The van der Waals surface area contributed by atoms with Crippen LogP contribution in [-0.4, -0.2) is 38.8 Å². The normalized spacial score (nSPS) is 11.8. The van der Waals surface area contributed by atoms with Crippen LogP contribution < -0.4 is 16.0 Å². The maximum atomic E-state index is 12.4.